The highest BCUT2D eigenvalue weighted by molar-refractivity contribution is 5.82. The second kappa shape index (κ2) is 32.6. The van der Waals surface area contributed by atoms with Gasteiger partial charge < -0.3 is 49.0 Å². The minimum atomic E-state index is -0.412. The topological polar surface area (TPSA) is 32.4 Å². The van der Waals surface area contributed by atoms with Gasteiger partial charge in [0, 0.05) is 157 Å². The molecule has 10 heteroatoms. The molecule has 620 valence electrons. The van der Waals surface area contributed by atoms with Crippen molar-refractivity contribution in [3.63, 3.8) is 0 Å². The van der Waals surface area contributed by atoms with Gasteiger partial charge >= 0.3 is 0 Å². The van der Waals surface area contributed by atoms with Gasteiger partial charge in [-0.05, 0) is 235 Å². The summed E-state index contributed by atoms with van der Waals surface area (Å²) in [5, 5.41) is 0. The van der Waals surface area contributed by atoms with E-state index in [2.05, 4.69) is 432 Å². The largest absolute Gasteiger partial charge is 0.325 e. The zero-order valence-electron chi connectivity index (χ0n) is 75.5. The quantitative estimate of drug-likeness (QED) is 0.147. The van der Waals surface area contributed by atoms with Crippen LogP contribution in [0, 0.1) is 59.8 Å². The fourth-order valence-electron chi connectivity index (χ4n) is 22.0. The summed E-state index contributed by atoms with van der Waals surface area (Å²) >= 11 is 0. The molecule has 10 nitrogen and oxygen atoms in total. The van der Waals surface area contributed by atoms with Crippen LogP contribution < -0.4 is 49.0 Å². The highest BCUT2D eigenvalue weighted by atomic mass is 15.5. The SMILES string of the molecule is CC1=C2Cc3ccccc3N2C(C(C)(C)C)N1c1ccccc1C.CC1=C2Cc3ccccc3N2C(C2CCCC2)N1c1ccccc1C.CC1=C2Cc3ccccc3N2C(c2c(C)cccc2C)N1c1ccccc1C.CC1=C2Cc3ccccc3N2C(c2ccccc2)N1c1ccccc1C.[2H]C1N(c2ccccc2C)C(C)=C2Cc3ccccc3N21. The van der Waals surface area contributed by atoms with Gasteiger partial charge in [0.15, 0.2) is 0 Å². The number of nitrogens with zero attached hydrogens (tertiary/aromatic N) is 10. The van der Waals surface area contributed by atoms with Crippen LogP contribution in [0.4, 0.5) is 56.9 Å². The molecule has 12 aromatic rings. The third-order valence-electron chi connectivity index (χ3n) is 28.0. The van der Waals surface area contributed by atoms with Gasteiger partial charge in [0.05, 0.1) is 8.02 Å². The Morgan fingerprint density at radius 3 is 1.01 bits per heavy atom. The molecule has 0 saturated heterocycles. The van der Waals surface area contributed by atoms with Gasteiger partial charge in [0.2, 0.25) is 0 Å². The molecule has 5 unspecified atom stereocenters. The lowest BCUT2D eigenvalue weighted by molar-refractivity contribution is 0.323. The van der Waals surface area contributed by atoms with Gasteiger partial charge in [-0.3, -0.25) is 0 Å². The van der Waals surface area contributed by atoms with Crippen molar-refractivity contribution < 1.29 is 1.37 Å². The number of benzene rings is 12. The molecule has 0 amide bonds. The fraction of sp³-hybridized carbons (Fsp3) is 0.274. The molecule has 1 saturated carbocycles. The molecular weight excluding hydrogens is 1500 g/mol. The van der Waals surface area contributed by atoms with Crippen molar-refractivity contribution in [2.24, 2.45) is 11.3 Å². The van der Waals surface area contributed by atoms with Gasteiger partial charge in [-0.2, -0.15) is 0 Å². The molecule has 1 fully saturated rings. The van der Waals surface area contributed by atoms with E-state index < -0.39 is 6.64 Å². The second-order valence-corrected chi connectivity index (χ2v) is 36.6. The maximum atomic E-state index is 8.72. The van der Waals surface area contributed by atoms with Crippen molar-refractivity contribution >= 4 is 56.9 Å². The molecule has 123 heavy (non-hydrogen) atoms. The van der Waals surface area contributed by atoms with Crippen molar-refractivity contribution in [1.82, 2.24) is 0 Å². The fourth-order valence-corrected chi connectivity index (χ4v) is 22.0. The van der Waals surface area contributed by atoms with Crippen molar-refractivity contribution in [3.8, 4) is 0 Å². The summed E-state index contributed by atoms with van der Waals surface area (Å²) < 4.78 is 8.72. The number of hydrogen-bond donors (Lipinski definition) is 0. The maximum absolute atomic E-state index is 8.72. The maximum Gasteiger partial charge on any atom is 0.137 e. The van der Waals surface area contributed by atoms with Crippen LogP contribution in [0.1, 0.15) is 173 Å². The van der Waals surface area contributed by atoms with Crippen LogP contribution in [-0.2, 0) is 32.1 Å². The molecule has 10 aliphatic heterocycles. The normalized spacial score (nSPS) is 19.9. The van der Waals surface area contributed by atoms with E-state index in [1.54, 1.807) is 0 Å². The van der Waals surface area contributed by atoms with E-state index in [4.69, 9.17) is 1.37 Å². The molecule has 10 heterocycles. The van der Waals surface area contributed by atoms with Crippen LogP contribution in [-0.4, -0.2) is 19.0 Å². The van der Waals surface area contributed by atoms with Gasteiger partial charge in [0.1, 0.15) is 24.7 Å². The van der Waals surface area contributed by atoms with E-state index in [1.807, 2.05) is 12.1 Å². The number of allylic oxidation sites excluding steroid dienone is 10. The van der Waals surface area contributed by atoms with E-state index in [-0.39, 0.29) is 17.7 Å². The zero-order chi connectivity index (χ0) is 85.7. The summed E-state index contributed by atoms with van der Waals surface area (Å²) in [5.41, 5.74) is 46.2. The van der Waals surface area contributed by atoms with Gasteiger partial charge in [-0.15, -0.1) is 0 Å². The molecule has 12 aromatic carbocycles. The molecule has 0 N–H and O–H groups in total. The first-order valence-corrected chi connectivity index (χ1v) is 44.8. The Kier molecular flexibility index (Phi) is 20.9. The summed E-state index contributed by atoms with van der Waals surface area (Å²) in [6, 6.07) is 105. The predicted octanol–water partition coefficient (Wildman–Crippen LogP) is 27.4. The van der Waals surface area contributed by atoms with Gasteiger partial charge in [-0.1, -0.05) is 264 Å². The average molecular weight is 1620 g/mol. The first-order valence-electron chi connectivity index (χ1n) is 45.4. The number of aryl methyl sites for hydroxylation is 7. The van der Waals surface area contributed by atoms with Gasteiger partial charge in [0.25, 0.3) is 0 Å². The van der Waals surface area contributed by atoms with E-state index in [9.17, 15) is 0 Å². The average Bonchev–Trinajstić information content (AvgIpc) is 1.59. The van der Waals surface area contributed by atoms with E-state index in [0.717, 1.165) is 43.7 Å². The summed E-state index contributed by atoms with van der Waals surface area (Å²) in [6.07, 6.45) is 11.6. The summed E-state index contributed by atoms with van der Waals surface area (Å²) in [6.45, 7) is 33.4. The summed E-state index contributed by atoms with van der Waals surface area (Å²) in [5.74, 6) is 0.748. The smallest absolute Gasteiger partial charge is 0.137 e. The highest BCUT2D eigenvalue weighted by Crippen LogP contribution is 2.57. The Bertz CT molecular complexity index is 6270. The highest BCUT2D eigenvalue weighted by Gasteiger charge is 2.51. The van der Waals surface area contributed by atoms with Crippen LogP contribution >= 0.6 is 0 Å². The van der Waals surface area contributed by atoms with Crippen LogP contribution in [0.5, 0.6) is 0 Å². The second-order valence-electron chi connectivity index (χ2n) is 36.6. The molecule has 0 bridgehead atoms. The Balaban J connectivity index is 0.000000102. The Morgan fingerprint density at radius 2 is 0.561 bits per heavy atom. The first kappa shape index (κ1) is 78.9. The summed E-state index contributed by atoms with van der Waals surface area (Å²) in [7, 11) is 0. The van der Waals surface area contributed by atoms with E-state index >= 15 is 0 Å². The molecule has 1 aliphatic carbocycles. The number of rotatable bonds is 8. The van der Waals surface area contributed by atoms with Crippen LogP contribution in [0.15, 0.2) is 348 Å². The van der Waals surface area contributed by atoms with Gasteiger partial charge in [-0.25, -0.2) is 0 Å². The monoisotopic (exact) mass is 1620 g/mol. The van der Waals surface area contributed by atoms with Crippen molar-refractivity contribution in [3.05, 3.63) is 426 Å². The Morgan fingerprint density at radius 1 is 0.252 bits per heavy atom. The Hall–Kier alpha value is -12.7. The standard InChI is InChI=1S/C26H26N2.C24H22N2.C23H26N2.C22H26N2.C18H18N2/c1-17-10-5-7-14-22(17)27-20(4)24-16-21-13-6-8-15-23(21)28(24)26(27)25-18(2)11-9-12-19(25)3;1-17-10-6-8-14-21(17)25-18(2)23-16-20-13-7-9-15-22(20)26(23)24(25)19-11-4-3-5-12-19;1-16-9-3-7-13-20(16)24-17(2)22-15-19-12-6-8-14-21(19)25(22)23(24)18-10-4-5-11-18;1-15-10-6-8-12-18(15)23-16(2)20-14-17-11-7-9-13-19(17)24(20)21(23)22(3,4)5;1-13-7-3-5-9-16(13)19-12-20-17-10-6-4-8-15(17)11-18(20)14(19)2/h5-15,26H,16H2,1-4H3;3-15,24H,16H2,1-2H3;3,6-9,12-14,18,23H,4-5,10-11,15H2,1-2H3;6-13,21H,14H2,1-5H3;3-10H,11-12H2,1-2H3/i;;;;12D. The lowest BCUT2D eigenvalue weighted by Gasteiger charge is -2.42. The third kappa shape index (κ3) is 14.0. The molecule has 11 aliphatic rings. The molecule has 23 rings (SSSR count). The number of hydrogen-bond acceptors (Lipinski definition) is 10. The lowest BCUT2D eigenvalue weighted by atomic mass is 9.90. The lowest BCUT2D eigenvalue weighted by Crippen LogP contribution is -2.49. The molecule has 0 radical (unpaired) electrons. The third-order valence-corrected chi connectivity index (χ3v) is 28.0. The molecular formula is C113H118N10. The molecule has 0 aromatic heterocycles. The summed E-state index contributed by atoms with van der Waals surface area (Å²) in [4.78, 5) is 24.9. The predicted molar refractivity (Wildman–Crippen MR) is 517 cm³/mol. The first-order chi connectivity index (χ1) is 60.2. The molecule has 0 spiro atoms. The Labute approximate surface area is 733 Å². The number of fused-ring (bicyclic) bond motifs is 15. The number of para-hydroxylation sites is 10. The zero-order valence-corrected chi connectivity index (χ0v) is 74.5. The van der Waals surface area contributed by atoms with Crippen molar-refractivity contribution in [1.29, 1.82) is 0 Å². The minimum absolute atomic E-state index is 0.128. The van der Waals surface area contributed by atoms with Crippen LogP contribution in [0.3, 0.4) is 0 Å². The minimum Gasteiger partial charge on any atom is -0.325 e. The van der Waals surface area contributed by atoms with Crippen molar-refractivity contribution in [2.75, 3.05) is 55.6 Å². The number of anilines is 10. The van der Waals surface area contributed by atoms with E-state index in [1.165, 1.54) is 212 Å². The van der Waals surface area contributed by atoms with Crippen LogP contribution in [0.2, 0.25) is 0 Å². The van der Waals surface area contributed by atoms with E-state index in [0.29, 0.717) is 12.3 Å². The van der Waals surface area contributed by atoms with Crippen LogP contribution in [0.25, 0.3) is 0 Å². The molecule has 5 atom stereocenters. The van der Waals surface area contributed by atoms with Crippen molar-refractivity contribution in [2.45, 2.75) is 186 Å².